The maximum atomic E-state index is 10.9. The predicted molar refractivity (Wildman–Crippen MR) is 181 cm³/mol. The molecule has 0 radical (unpaired) electrons. The van der Waals surface area contributed by atoms with E-state index in [0.29, 0.717) is 13.1 Å². The number of aliphatic carboxylic acids is 1. The quantitative estimate of drug-likeness (QED) is 0.305. The van der Waals surface area contributed by atoms with Gasteiger partial charge in [0.25, 0.3) is 0 Å². The number of para-hydroxylation sites is 1. The molecule has 1 unspecified atom stereocenters. The average Bonchev–Trinajstić information content (AvgIpc) is 3.41. The van der Waals surface area contributed by atoms with E-state index in [4.69, 9.17) is 21.4 Å². The molecule has 1 amide bonds. The highest BCUT2D eigenvalue weighted by Crippen LogP contribution is 2.47. The number of ether oxygens (including phenoxy) is 1. The number of amides is 1. The van der Waals surface area contributed by atoms with Crippen LogP contribution in [0.15, 0.2) is 54.7 Å². The van der Waals surface area contributed by atoms with Crippen LogP contribution >= 0.6 is 23.4 Å². The molecule has 5 rings (SSSR count). The van der Waals surface area contributed by atoms with E-state index in [9.17, 15) is 9.59 Å². The first-order valence-electron chi connectivity index (χ1n) is 15.4. The van der Waals surface area contributed by atoms with Crippen LogP contribution in [0.4, 0.5) is 0 Å². The number of hydrogen-bond acceptors (Lipinski definition) is 4. The first-order valence-corrected chi connectivity index (χ1v) is 16.8. The number of hydrogen-bond donors (Lipinski definition) is 1. The second-order valence-electron chi connectivity index (χ2n) is 10.5. The fraction of sp³-hybridized carbons (Fsp3) is 0.486. The number of likely N-dealkylation sites (tertiary alicyclic amines) is 1. The molecular weight excluding hydrogens is 580 g/mol. The smallest absolute Gasteiger partial charge is 0.303 e. The molecule has 1 atom stereocenters. The molecule has 3 heterocycles. The molecule has 1 saturated heterocycles. The number of carbonyl (C=O) groups excluding carboxylic acids is 1. The number of aryl methyl sites for hydroxylation is 1. The van der Waals surface area contributed by atoms with Crippen molar-refractivity contribution in [3.05, 3.63) is 82.1 Å². The molecule has 6 nitrogen and oxygen atoms in total. The monoisotopic (exact) mass is 628 g/mol. The van der Waals surface area contributed by atoms with E-state index in [1.165, 1.54) is 35.3 Å². The summed E-state index contributed by atoms with van der Waals surface area (Å²) in [5, 5.41) is 9.51. The minimum absolute atomic E-state index is 0.0915. The zero-order valence-corrected chi connectivity index (χ0v) is 28.4. The van der Waals surface area contributed by atoms with Crippen LogP contribution in [-0.4, -0.2) is 46.6 Å². The maximum absolute atomic E-state index is 10.9. The summed E-state index contributed by atoms with van der Waals surface area (Å²) in [5.74, 6) is 1.52. The summed E-state index contributed by atoms with van der Waals surface area (Å²) in [5.41, 5.74) is 6.09. The molecule has 1 aromatic heterocycles. The molecule has 2 aliphatic heterocycles. The van der Waals surface area contributed by atoms with Gasteiger partial charge >= 0.3 is 5.97 Å². The van der Waals surface area contributed by atoms with Crippen LogP contribution in [0.2, 0.25) is 5.02 Å². The first kappa shape index (κ1) is 36.3. The lowest BCUT2D eigenvalue weighted by atomic mass is 9.94. The Labute approximate surface area is 267 Å². The molecule has 236 valence electrons. The third kappa shape index (κ3) is 10.4. The van der Waals surface area contributed by atoms with Crippen LogP contribution in [-0.2, 0) is 15.3 Å². The first-order chi connectivity index (χ1) is 20.7. The minimum Gasteiger partial charge on any atom is -0.496 e. The summed E-state index contributed by atoms with van der Waals surface area (Å²) in [7, 11) is 1.75. The van der Waals surface area contributed by atoms with Gasteiger partial charge in [0, 0.05) is 60.4 Å². The number of carboxylic acids is 1. The zero-order chi connectivity index (χ0) is 31.9. The van der Waals surface area contributed by atoms with Crippen LogP contribution in [0, 0.1) is 12.8 Å². The number of methoxy groups -OCH3 is 1. The van der Waals surface area contributed by atoms with E-state index in [-0.39, 0.29) is 23.5 Å². The highest BCUT2D eigenvalue weighted by atomic mass is 35.5. The summed E-state index contributed by atoms with van der Waals surface area (Å²) < 4.78 is 7.99. The number of halogens is 1. The van der Waals surface area contributed by atoms with Crippen molar-refractivity contribution in [3.63, 3.8) is 0 Å². The Morgan fingerprint density at radius 1 is 1.02 bits per heavy atom. The van der Waals surface area contributed by atoms with Gasteiger partial charge < -0.3 is 19.3 Å². The third-order valence-electron chi connectivity index (χ3n) is 7.51. The highest BCUT2D eigenvalue weighted by Gasteiger charge is 2.27. The molecule has 1 fully saturated rings. The molecule has 8 heteroatoms. The number of unbranched alkanes of at least 4 members (excludes halogenated alkanes) is 1. The van der Waals surface area contributed by atoms with Gasteiger partial charge in [0.05, 0.1) is 12.4 Å². The van der Waals surface area contributed by atoms with Gasteiger partial charge in [0.2, 0.25) is 5.91 Å². The summed E-state index contributed by atoms with van der Waals surface area (Å²) in [6.07, 6.45) is 6.65. The summed E-state index contributed by atoms with van der Waals surface area (Å²) in [6.45, 7) is 13.4. The van der Waals surface area contributed by atoms with Gasteiger partial charge in [-0.15, -0.1) is 11.8 Å². The fourth-order valence-corrected chi connectivity index (χ4v) is 6.59. The summed E-state index contributed by atoms with van der Waals surface area (Å²) in [4.78, 5) is 23.1. The number of carbonyl (C=O) groups is 2. The number of carboxylic acid groups (broad SMARTS) is 1. The van der Waals surface area contributed by atoms with Crippen molar-refractivity contribution in [2.75, 3.05) is 20.2 Å². The van der Waals surface area contributed by atoms with Crippen LogP contribution in [0.5, 0.6) is 5.75 Å². The number of rotatable bonds is 5. The van der Waals surface area contributed by atoms with Gasteiger partial charge in [-0.05, 0) is 67.1 Å². The van der Waals surface area contributed by atoms with Crippen molar-refractivity contribution in [2.45, 2.75) is 84.6 Å². The largest absolute Gasteiger partial charge is 0.496 e. The van der Waals surface area contributed by atoms with E-state index < -0.39 is 5.97 Å². The molecule has 0 saturated carbocycles. The Kier molecular flexibility index (Phi) is 15.8. The van der Waals surface area contributed by atoms with Crippen molar-refractivity contribution < 1.29 is 19.4 Å². The Hall–Kier alpha value is -2.90. The molecule has 2 aliphatic rings. The summed E-state index contributed by atoms with van der Waals surface area (Å²) in [6, 6.07) is 16.8. The molecular formula is C35H49ClN2O4S. The van der Waals surface area contributed by atoms with E-state index >= 15 is 0 Å². The topological polar surface area (TPSA) is 71.8 Å². The fourth-order valence-electron chi connectivity index (χ4n) is 5.10. The second kappa shape index (κ2) is 18.7. The summed E-state index contributed by atoms with van der Waals surface area (Å²) >= 11 is 8.25. The second-order valence-corrected chi connectivity index (χ2v) is 12.0. The standard InChI is InChI=1S/C20H18ClNOS.C9H15NO3.C4H10.C2H6/c1-13-5-3-7-16(19(13)23-2)20-17-11-14(21)8-9-18(17)22-10-4-6-15(22)12-24-20;1-7(11)10-4-2-8(3-5-10)6-9(12)13;1-3-4-2;1-2/h3-11,20H,12H2,1-2H3;8H,2-6H2,1H3,(H,12,13);3-4H2,1-2H3;1-2H3. The minimum atomic E-state index is -0.735. The van der Waals surface area contributed by atoms with E-state index in [1.807, 2.05) is 31.7 Å². The Morgan fingerprint density at radius 3 is 2.28 bits per heavy atom. The van der Waals surface area contributed by atoms with Crippen LogP contribution in [0.1, 0.15) is 94.4 Å². The van der Waals surface area contributed by atoms with Gasteiger partial charge in [0.15, 0.2) is 0 Å². The Morgan fingerprint density at radius 2 is 1.70 bits per heavy atom. The third-order valence-corrected chi connectivity index (χ3v) is 9.05. The maximum Gasteiger partial charge on any atom is 0.303 e. The number of benzene rings is 2. The van der Waals surface area contributed by atoms with Gasteiger partial charge in [-0.1, -0.05) is 70.3 Å². The molecule has 1 N–H and O–H groups in total. The van der Waals surface area contributed by atoms with Gasteiger partial charge in [-0.2, -0.15) is 0 Å². The lowest BCUT2D eigenvalue weighted by Crippen LogP contribution is -2.37. The molecule has 0 aliphatic carbocycles. The van der Waals surface area contributed by atoms with Crippen LogP contribution < -0.4 is 4.74 Å². The number of fused-ring (bicyclic) bond motifs is 3. The number of aromatic nitrogens is 1. The number of piperidine rings is 1. The molecule has 2 aromatic carbocycles. The van der Waals surface area contributed by atoms with E-state index in [2.05, 4.69) is 74.0 Å². The van der Waals surface area contributed by atoms with E-state index in [1.54, 1.807) is 18.9 Å². The van der Waals surface area contributed by atoms with Gasteiger partial charge in [-0.25, -0.2) is 0 Å². The molecule has 0 bridgehead atoms. The molecule has 0 spiro atoms. The van der Waals surface area contributed by atoms with Crippen LogP contribution in [0.25, 0.3) is 5.69 Å². The van der Waals surface area contributed by atoms with Gasteiger partial charge in [-0.3, -0.25) is 9.59 Å². The lowest BCUT2D eigenvalue weighted by Gasteiger charge is -2.30. The zero-order valence-electron chi connectivity index (χ0n) is 26.9. The Bertz CT molecular complexity index is 1300. The van der Waals surface area contributed by atoms with Crippen molar-refractivity contribution in [3.8, 4) is 11.4 Å². The predicted octanol–water partition coefficient (Wildman–Crippen LogP) is 9.34. The lowest BCUT2D eigenvalue weighted by molar-refractivity contribution is -0.138. The molecule has 43 heavy (non-hydrogen) atoms. The van der Waals surface area contributed by atoms with Crippen LogP contribution in [0.3, 0.4) is 0 Å². The van der Waals surface area contributed by atoms with Crippen molar-refractivity contribution in [1.29, 1.82) is 0 Å². The van der Waals surface area contributed by atoms with Crippen molar-refractivity contribution >= 4 is 35.2 Å². The SMILES string of the molecule is CC.CC(=O)N1CCC(CC(=O)O)CC1.CCCC.COc1c(C)cccc1C1SCc2cccn2-c2ccc(Cl)cc21. The van der Waals surface area contributed by atoms with E-state index in [0.717, 1.165) is 34.9 Å². The molecule has 3 aromatic rings. The normalized spacial score (nSPS) is 15.5. The van der Waals surface area contributed by atoms with Gasteiger partial charge in [0.1, 0.15) is 5.75 Å². The Balaban J connectivity index is 0.000000287. The number of thioether (sulfide) groups is 1. The number of nitrogens with zero attached hydrogens (tertiary/aromatic N) is 2. The van der Waals surface area contributed by atoms with Crippen molar-refractivity contribution in [2.24, 2.45) is 5.92 Å². The van der Waals surface area contributed by atoms with Crippen molar-refractivity contribution in [1.82, 2.24) is 9.47 Å². The highest BCUT2D eigenvalue weighted by molar-refractivity contribution is 7.99. The average molecular weight is 629 g/mol.